The average Bonchev–Trinajstić information content (AvgIpc) is 2.64. The number of rotatable bonds is 2. The molecule has 2 rings (SSSR count). The quantitative estimate of drug-likeness (QED) is 0.686. The molecule has 1 aromatic rings. The third kappa shape index (κ3) is 2.49. The first-order valence-electron chi connectivity index (χ1n) is 7.28. The van der Waals surface area contributed by atoms with E-state index in [2.05, 4.69) is 65.8 Å². The highest BCUT2D eigenvalue weighted by molar-refractivity contribution is 6.03. The summed E-state index contributed by atoms with van der Waals surface area (Å²) in [5.41, 5.74) is 7.12. The maximum atomic E-state index is 8.52. The van der Waals surface area contributed by atoms with Crippen molar-refractivity contribution in [3.63, 3.8) is 0 Å². The molecule has 0 heterocycles. The van der Waals surface area contributed by atoms with Gasteiger partial charge < -0.3 is 5.41 Å². The van der Waals surface area contributed by atoms with E-state index in [1.54, 1.807) is 0 Å². The lowest BCUT2D eigenvalue weighted by molar-refractivity contribution is 0.588. The second-order valence-corrected chi connectivity index (χ2v) is 6.85. The maximum Gasteiger partial charge on any atom is 0.0442 e. The van der Waals surface area contributed by atoms with E-state index in [1.165, 1.54) is 22.3 Å². The third-order valence-electron chi connectivity index (χ3n) is 4.38. The van der Waals surface area contributed by atoms with Gasteiger partial charge in [0.2, 0.25) is 0 Å². The third-order valence-corrected chi connectivity index (χ3v) is 4.38. The number of benzene rings is 1. The summed E-state index contributed by atoms with van der Waals surface area (Å²) in [6, 6.07) is 8.38. The first kappa shape index (κ1) is 14.8. The van der Waals surface area contributed by atoms with Crippen molar-refractivity contribution >= 4 is 5.71 Å². The van der Waals surface area contributed by atoms with Gasteiger partial charge in [0.25, 0.3) is 0 Å². The number of hydrogen-bond donors (Lipinski definition) is 1. The average molecular weight is 267 g/mol. The number of allylic oxidation sites excluding steroid dienone is 4. The predicted octanol–water partition coefficient (Wildman–Crippen LogP) is 5.48. The zero-order valence-electron chi connectivity index (χ0n) is 13.5. The second kappa shape index (κ2) is 5.05. The van der Waals surface area contributed by atoms with Crippen LogP contribution in [0, 0.1) is 10.8 Å². The predicted molar refractivity (Wildman–Crippen MR) is 87.6 cm³/mol. The molecule has 0 saturated heterocycles. The Labute approximate surface area is 122 Å². The molecule has 1 atom stereocenters. The van der Waals surface area contributed by atoms with Crippen molar-refractivity contribution in [3.05, 3.63) is 58.2 Å². The highest BCUT2D eigenvalue weighted by Crippen LogP contribution is 2.39. The molecule has 1 aromatic carbocycles. The van der Waals surface area contributed by atoms with Crippen LogP contribution < -0.4 is 0 Å². The molecule has 0 aromatic heterocycles. The van der Waals surface area contributed by atoms with E-state index in [-0.39, 0.29) is 5.41 Å². The molecule has 1 heteroatoms. The monoisotopic (exact) mass is 267 g/mol. The molecule has 0 aliphatic heterocycles. The van der Waals surface area contributed by atoms with E-state index in [0.29, 0.717) is 5.92 Å². The van der Waals surface area contributed by atoms with Crippen molar-refractivity contribution < 1.29 is 0 Å². The Morgan fingerprint density at radius 2 is 1.65 bits per heavy atom. The highest BCUT2D eigenvalue weighted by Gasteiger charge is 2.26. The Hall–Kier alpha value is -1.63. The van der Waals surface area contributed by atoms with E-state index >= 15 is 0 Å². The Balaban J connectivity index is 2.54. The summed E-state index contributed by atoms with van der Waals surface area (Å²) < 4.78 is 0. The largest absolute Gasteiger partial charge is 0.304 e. The molecular weight excluding hydrogens is 242 g/mol. The fourth-order valence-electron chi connectivity index (χ4n) is 2.77. The summed E-state index contributed by atoms with van der Waals surface area (Å²) >= 11 is 0. The minimum atomic E-state index is -0.125. The van der Waals surface area contributed by atoms with Gasteiger partial charge in [0, 0.05) is 17.0 Å². The van der Waals surface area contributed by atoms with E-state index in [4.69, 9.17) is 5.41 Å². The van der Waals surface area contributed by atoms with Gasteiger partial charge in [-0.25, -0.2) is 0 Å². The lowest BCUT2D eigenvalue weighted by atomic mass is 9.80. The Bertz CT molecular complexity index is 609. The van der Waals surface area contributed by atoms with Crippen LogP contribution >= 0.6 is 0 Å². The zero-order chi connectivity index (χ0) is 15.1. The first-order chi connectivity index (χ1) is 9.23. The van der Waals surface area contributed by atoms with Gasteiger partial charge in [-0.1, -0.05) is 62.3 Å². The number of nitrogens with one attached hydrogen (secondary N) is 1. The zero-order valence-corrected chi connectivity index (χ0v) is 13.5. The van der Waals surface area contributed by atoms with Crippen LogP contribution in [-0.4, -0.2) is 5.71 Å². The molecule has 0 fully saturated rings. The Morgan fingerprint density at radius 3 is 2.15 bits per heavy atom. The molecule has 1 nitrogen and oxygen atoms in total. The topological polar surface area (TPSA) is 23.9 Å². The lowest BCUT2D eigenvalue weighted by Crippen LogP contribution is -2.22. The smallest absolute Gasteiger partial charge is 0.0442 e. The van der Waals surface area contributed by atoms with Crippen molar-refractivity contribution in [2.75, 3.05) is 0 Å². The van der Waals surface area contributed by atoms with Crippen molar-refractivity contribution in [1.29, 1.82) is 5.41 Å². The summed E-state index contributed by atoms with van der Waals surface area (Å²) in [6.45, 7) is 12.9. The van der Waals surface area contributed by atoms with Gasteiger partial charge in [-0.3, -0.25) is 0 Å². The van der Waals surface area contributed by atoms with E-state index in [9.17, 15) is 0 Å². The normalized spacial score (nSPS) is 19.3. The molecule has 1 aliphatic rings. The van der Waals surface area contributed by atoms with Crippen LogP contribution in [-0.2, 0) is 0 Å². The Kier molecular flexibility index (Phi) is 3.73. The molecule has 106 valence electrons. The van der Waals surface area contributed by atoms with Crippen molar-refractivity contribution in [2.45, 2.75) is 47.5 Å². The fourth-order valence-corrected chi connectivity index (χ4v) is 2.77. The molecule has 0 bridgehead atoms. The van der Waals surface area contributed by atoms with E-state index in [0.717, 1.165) is 11.3 Å². The molecule has 0 saturated carbocycles. The van der Waals surface area contributed by atoms with Gasteiger partial charge in [0.1, 0.15) is 0 Å². The SMILES string of the molecule is CC1=CC(c2ccccc2C(=N)C(C)(C)C)C(C)=C1C. The minimum absolute atomic E-state index is 0.125. The van der Waals surface area contributed by atoms with Crippen molar-refractivity contribution in [2.24, 2.45) is 5.41 Å². The summed E-state index contributed by atoms with van der Waals surface area (Å²) in [6.07, 6.45) is 2.33. The molecule has 20 heavy (non-hydrogen) atoms. The molecule has 1 unspecified atom stereocenters. The summed E-state index contributed by atoms with van der Waals surface area (Å²) in [4.78, 5) is 0. The molecule has 0 amide bonds. The van der Waals surface area contributed by atoms with Crippen LogP contribution in [0.3, 0.4) is 0 Å². The standard InChI is InChI=1S/C19H25N/c1-12-11-17(14(3)13(12)2)15-9-7-8-10-16(15)18(20)19(4,5)6/h7-11,17,20H,1-6H3. The van der Waals surface area contributed by atoms with Crippen molar-refractivity contribution in [3.8, 4) is 0 Å². The van der Waals surface area contributed by atoms with Crippen molar-refractivity contribution in [1.82, 2.24) is 0 Å². The Morgan fingerprint density at radius 1 is 1.05 bits per heavy atom. The van der Waals surface area contributed by atoms with Crippen LogP contribution in [0.4, 0.5) is 0 Å². The molecule has 1 aliphatic carbocycles. The van der Waals surface area contributed by atoms with Gasteiger partial charge in [0.15, 0.2) is 0 Å². The van der Waals surface area contributed by atoms with E-state index in [1.807, 2.05) is 6.07 Å². The summed E-state index contributed by atoms with van der Waals surface area (Å²) in [5, 5.41) is 8.52. The van der Waals surface area contributed by atoms with Gasteiger partial charge in [-0.15, -0.1) is 0 Å². The molecule has 0 radical (unpaired) electrons. The van der Waals surface area contributed by atoms with Crippen LogP contribution in [0.25, 0.3) is 0 Å². The maximum absolute atomic E-state index is 8.52. The van der Waals surface area contributed by atoms with Crippen LogP contribution in [0.2, 0.25) is 0 Å². The van der Waals surface area contributed by atoms with Gasteiger partial charge >= 0.3 is 0 Å². The van der Waals surface area contributed by atoms with E-state index < -0.39 is 0 Å². The molecule has 1 N–H and O–H groups in total. The fraction of sp³-hybridized carbons (Fsp3) is 0.421. The summed E-state index contributed by atoms with van der Waals surface area (Å²) in [7, 11) is 0. The first-order valence-corrected chi connectivity index (χ1v) is 7.28. The highest BCUT2D eigenvalue weighted by atomic mass is 14.5. The van der Waals surface area contributed by atoms with Crippen LogP contribution in [0.15, 0.2) is 47.1 Å². The minimum Gasteiger partial charge on any atom is -0.304 e. The van der Waals surface area contributed by atoms with Gasteiger partial charge in [-0.2, -0.15) is 0 Å². The summed E-state index contributed by atoms with van der Waals surface area (Å²) in [5.74, 6) is 0.328. The molecule has 0 spiro atoms. The number of hydrogen-bond acceptors (Lipinski definition) is 1. The van der Waals surface area contributed by atoms with Gasteiger partial charge in [-0.05, 0) is 37.5 Å². The lowest BCUT2D eigenvalue weighted by Gasteiger charge is -2.24. The van der Waals surface area contributed by atoms with Crippen LogP contribution in [0.1, 0.15) is 58.6 Å². The van der Waals surface area contributed by atoms with Gasteiger partial charge in [0.05, 0.1) is 0 Å². The molecular formula is C19H25N. The second-order valence-electron chi connectivity index (χ2n) is 6.85. The van der Waals surface area contributed by atoms with Crippen LogP contribution in [0.5, 0.6) is 0 Å².